The van der Waals surface area contributed by atoms with Crippen LogP contribution in [-0.4, -0.2) is 46.7 Å². The molecule has 2 saturated heterocycles. The van der Waals surface area contributed by atoms with Gasteiger partial charge in [-0.1, -0.05) is 24.3 Å². The molecule has 7 N–H and O–H groups in total. The minimum absolute atomic E-state index is 0.0175. The Morgan fingerprint density at radius 2 is 1.75 bits per heavy atom. The zero-order chi connectivity index (χ0) is 20.3. The Morgan fingerprint density at radius 3 is 2.25 bits per heavy atom. The van der Waals surface area contributed by atoms with Gasteiger partial charge in [0.15, 0.2) is 5.84 Å². The maximum atomic E-state index is 12.0. The third-order valence-electron chi connectivity index (χ3n) is 5.04. The number of amidine groups is 1. The molecule has 3 rings (SSSR count). The van der Waals surface area contributed by atoms with Gasteiger partial charge in [-0.05, 0) is 24.0 Å². The molecule has 28 heavy (non-hydrogen) atoms. The summed E-state index contributed by atoms with van der Waals surface area (Å²) in [6.45, 7) is 4.59. The molecule has 0 saturated carbocycles. The Labute approximate surface area is 164 Å². The van der Waals surface area contributed by atoms with Gasteiger partial charge >= 0.3 is 6.03 Å². The van der Waals surface area contributed by atoms with Gasteiger partial charge in [0.1, 0.15) is 11.5 Å². The number of benzene rings is 1. The normalized spacial score (nSPS) is 18.3. The number of carbonyl (C=O) groups excluding carboxylic acids is 2. The molecule has 0 bridgehead atoms. The lowest BCUT2D eigenvalue weighted by Crippen LogP contribution is -2.43. The average molecular weight is 385 g/mol. The van der Waals surface area contributed by atoms with Crippen LogP contribution in [0, 0.1) is 5.41 Å². The fourth-order valence-corrected chi connectivity index (χ4v) is 3.54. The van der Waals surface area contributed by atoms with Crippen molar-refractivity contribution in [3.63, 3.8) is 0 Å². The molecule has 2 fully saturated rings. The Morgan fingerprint density at radius 1 is 1.18 bits per heavy atom. The molecule has 9 heteroatoms. The smallest absolute Gasteiger partial charge is 0.328 e. The molecule has 2 aliphatic rings. The molecule has 0 aliphatic carbocycles. The first kappa shape index (κ1) is 19.7. The highest BCUT2D eigenvalue weighted by Crippen LogP contribution is 2.17. The van der Waals surface area contributed by atoms with Crippen molar-refractivity contribution in [3.05, 3.63) is 46.9 Å². The summed E-state index contributed by atoms with van der Waals surface area (Å²) in [5.41, 5.74) is 13.3. The molecule has 2 aliphatic heterocycles. The van der Waals surface area contributed by atoms with E-state index in [1.165, 1.54) is 10.5 Å². The molecular weight excluding hydrogens is 358 g/mol. The molecule has 0 unspecified atom stereocenters. The van der Waals surface area contributed by atoms with E-state index in [4.69, 9.17) is 16.9 Å². The number of rotatable bonds is 5. The van der Waals surface area contributed by atoms with Crippen molar-refractivity contribution in [2.75, 3.05) is 13.1 Å². The van der Waals surface area contributed by atoms with Gasteiger partial charge in [0.05, 0.1) is 6.54 Å². The summed E-state index contributed by atoms with van der Waals surface area (Å²) in [7, 11) is 0. The number of urea groups is 1. The molecule has 9 nitrogen and oxygen atoms in total. The molecule has 3 amide bonds. The number of nitrogens with zero attached hydrogens (tertiary/aromatic N) is 2. The number of nitrogens with one attached hydrogen (secondary N) is 3. The number of likely N-dealkylation sites (tertiary alicyclic amines) is 1. The van der Waals surface area contributed by atoms with Gasteiger partial charge < -0.3 is 22.1 Å². The summed E-state index contributed by atoms with van der Waals surface area (Å²) in [6.07, 6.45) is 1.92. The van der Waals surface area contributed by atoms with Gasteiger partial charge in [0.2, 0.25) is 5.91 Å². The number of carbonyl (C=O) groups is 2. The molecule has 0 radical (unpaired) electrons. The largest absolute Gasteiger partial charge is 0.384 e. The summed E-state index contributed by atoms with van der Waals surface area (Å²) in [5.74, 6) is -0.0554. The highest BCUT2D eigenvalue weighted by Gasteiger charge is 2.31. The van der Waals surface area contributed by atoms with E-state index in [1.54, 1.807) is 6.92 Å². The summed E-state index contributed by atoms with van der Waals surface area (Å²) < 4.78 is 0. The van der Waals surface area contributed by atoms with Gasteiger partial charge in [0.25, 0.3) is 0 Å². The summed E-state index contributed by atoms with van der Waals surface area (Å²) >= 11 is 0. The minimum atomic E-state index is -0.403. The lowest BCUT2D eigenvalue weighted by Gasteiger charge is -2.32. The highest BCUT2D eigenvalue weighted by molar-refractivity contribution is 6.13. The lowest BCUT2D eigenvalue weighted by molar-refractivity contribution is -0.119. The molecule has 1 aromatic rings. The van der Waals surface area contributed by atoms with Crippen LogP contribution in [0.5, 0.6) is 0 Å². The molecule has 150 valence electrons. The van der Waals surface area contributed by atoms with Crippen LogP contribution in [-0.2, 0) is 17.9 Å². The SMILES string of the molecule is CC(=O)NC1CCN(Cc2ccc(CN3C(=N)C(=C(N)N)NC3=O)cc2)CC1. The van der Waals surface area contributed by atoms with Crippen molar-refractivity contribution in [1.29, 1.82) is 5.41 Å². The van der Waals surface area contributed by atoms with E-state index in [-0.39, 0.29) is 35.8 Å². The number of amides is 3. The van der Waals surface area contributed by atoms with Crippen LogP contribution >= 0.6 is 0 Å². The number of hydrogen-bond acceptors (Lipinski definition) is 6. The van der Waals surface area contributed by atoms with Gasteiger partial charge in [0, 0.05) is 32.6 Å². The summed E-state index contributed by atoms with van der Waals surface area (Å²) in [5, 5.41) is 13.5. The van der Waals surface area contributed by atoms with Crippen LogP contribution in [0.2, 0.25) is 0 Å². The van der Waals surface area contributed by atoms with Gasteiger partial charge in [-0.25, -0.2) is 4.79 Å². The first-order valence-corrected chi connectivity index (χ1v) is 9.33. The second-order valence-electron chi connectivity index (χ2n) is 7.26. The fourth-order valence-electron chi connectivity index (χ4n) is 3.54. The van der Waals surface area contributed by atoms with Gasteiger partial charge in [-0.3, -0.25) is 20.0 Å². The zero-order valence-corrected chi connectivity index (χ0v) is 16.0. The van der Waals surface area contributed by atoms with E-state index in [1.807, 2.05) is 24.3 Å². The monoisotopic (exact) mass is 385 g/mol. The second-order valence-corrected chi connectivity index (χ2v) is 7.26. The van der Waals surface area contributed by atoms with Crippen molar-refractivity contribution < 1.29 is 9.59 Å². The molecular formula is C19H27N7O2. The number of hydrogen-bond donors (Lipinski definition) is 5. The third kappa shape index (κ3) is 4.61. The topological polar surface area (TPSA) is 141 Å². The highest BCUT2D eigenvalue weighted by atomic mass is 16.2. The van der Waals surface area contributed by atoms with Crippen molar-refractivity contribution in [1.82, 2.24) is 20.4 Å². The zero-order valence-electron chi connectivity index (χ0n) is 16.0. The van der Waals surface area contributed by atoms with Gasteiger partial charge in [-0.2, -0.15) is 0 Å². The van der Waals surface area contributed by atoms with Crippen molar-refractivity contribution in [3.8, 4) is 0 Å². The predicted octanol–water partition coefficient (Wildman–Crippen LogP) is 0.376. The quantitative estimate of drug-likeness (QED) is 0.498. The van der Waals surface area contributed by atoms with Gasteiger partial charge in [-0.15, -0.1) is 0 Å². The third-order valence-corrected chi connectivity index (χ3v) is 5.04. The van der Waals surface area contributed by atoms with E-state index in [2.05, 4.69) is 15.5 Å². The lowest BCUT2D eigenvalue weighted by atomic mass is 10.0. The Bertz CT molecular complexity index is 791. The summed E-state index contributed by atoms with van der Waals surface area (Å²) in [6, 6.07) is 7.89. The molecule has 0 aromatic heterocycles. The number of nitrogens with two attached hydrogens (primary N) is 2. The van der Waals surface area contributed by atoms with Crippen molar-refractivity contribution in [2.45, 2.75) is 38.9 Å². The van der Waals surface area contributed by atoms with Crippen LogP contribution < -0.4 is 22.1 Å². The van der Waals surface area contributed by atoms with E-state index in [0.29, 0.717) is 0 Å². The van der Waals surface area contributed by atoms with E-state index < -0.39 is 6.03 Å². The van der Waals surface area contributed by atoms with Crippen LogP contribution in [0.1, 0.15) is 30.9 Å². The predicted molar refractivity (Wildman–Crippen MR) is 106 cm³/mol. The molecule has 0 spiro atoms. The second kappa shape index (κ2) is 8.30. The fraction of sp³-hybridized carbons (Fsp3) is 0.421. The van der Waals surface area contributed by atoms with E-state index in [9.17, 15) is 9.59 Å². The van der Waals surface area contributed by atoms with Crippen LogP contribution in [0.25, 0.3) is 0 Å². The van der Waals surface area contributed by atoms with Crippen molar-refractivity contribution in [2.24, 2.45) is 11.5 Å². The summed E-state index contributed by atoms with van der Waals surface area (Å²) in [4.78, 5) is 26.8. The Kier molecular flexibility index (Phi) is 5.84. The molecule has 1 aromatic carbocycles. The molecule has 0 atom stereocenters. The van der Waals surface area contributed by atoms with Crippen LogP contribution in [0.15, 0.2) is 35.8 Å². The van der Waals surface area contributed by atoms with E-state index in [0.717, 1.165) is 38.0 Å². The first-order chi connectivity index (χ1) is 13.3. The minimum Gasteiger partial charge on any atom is -0.384 e. The van der Waals surface area contributed by atoms with Crippen LogP contribution in [0.3, 0.4) is 0 Å². The Hall–Kier alpha value is -3.07. The molecule has 2 heterocycles. The maximum Gasteiger partial charge on any atom is 0.328 e. The Balaban J connectivity index is 1.53. The maximum absolute atomic E-state index is 12.0. The average Bonchev–Trinajstić information content (AvgIpc) is 2.93. The van der Waals surface area contributed by atoms with E-state index >= 15 is 0 Å². The van der Waals surface area contributed by atoms with Crippen LogP contribution in [0.4, 0.5) is 4.79 Å². The number of piperidine rings is 1. The first-order valence-electron chi connectivity index (χ1n) is 9.33. The standard InChI is InChI=1S/C19H27N7O2/c1-12(27)23-15-6-8-25(9-7-15)10-13-2-4-14(5-3-13)11-26-18(22)16(17(20)21)24-19(26)28/h2-5,15,22H,6-11,20-21H2,1H3,(H,23,27)(H,24,28). The van der Waals surface area contributed by atoms with Crippen molar-refractivity contribution >= 4 is 17.8 Å².